The second kappa shape index (κ2) is 5.51. The summed E-state index contributed by atoms with van der Waals surface area (Å²) in [5.41, 5.74) is 1.79. The number of aromatic carboxylic acids is 1. The fraction of sp³-hybridized carbons (Fsp3) is 0.529. The van der Waals surface area contributed by atoms with Crippen LogP contribution in [0.15, 0.2) is 12.1 Å². The van der Waals surface area contributed by atoms with Gasteiger partial charge in [-0.1, -0.05) is 32.4 Å². The summed E-state index contributed by atoms with van der Waals surface area (Å²) >= 11 is 0. The number of rotatable bonds is 3. The van der Waals surface area contributed by atoms with E-state index in [-0.39, 0.29) is 22.9 Å². The Balaban J connectivity index is 2.36. The second-order valence-corrected chi connectivity index (χ2v) is 6.66. The predicted molar refractivity (Wildman–Crippen MR) is 81.8 cm³/mol. The quantitative estimate of drug-likeness (QED) is 0.897. The first kappa shape index (κ1) is 15.5. The summed E-state index contributed by atoms with van der Waals surface area (Å²) in [7, 11) is 0. The summed E-state index contributed by atoms with van der Waals surface area (Å²) in [6.45, 7) is 7.79. The van der Waals surface area contributed by atoms with Crippen LogP contribution in [0, 0.1) is 19.3 Å². The zero-order valence-electron chi connectivity index (χ0n) is 13.1. The Morgan fingerprint density at radius 2 is 1.76 bits per heavy atom. The van der Waals surface area contributed by atoms with Crippen LogP contribution in [-0.2, 0) is 0 Å². The highest BCUT2D eigenvalue weighted by Gasteiger charge is 2.36. The minimum Gasteiger partial charge on any atom is -0.478 e. The number of benzene rings is 1. The van der Waals surface area contributed by atoms with Crippen molar-refractivity contribution < 1.29 is 14.7 Å². The Bertz CT molecular complexity index is 590. The first-order valence-electron chi connectivity index (χ1n) is 7.38. The van der Waals surface area contributed by atoms with Crippen molar-refractivity contribution >= 4 is 11.9 Å². The Morgan fingerprint density at radius 3 is 2.24 bits per heavy atom. The summed E-state index contributed by atoms with van der Waals surface area (Å²) in [6, 6.07) is 3.65. The van der Waals surface area contributed by atoms with Gasteiger partial charge in [-0.05, 0) is 43.2 Å². The Morgan fingerprint density at radius 1 is 1.19 bits per heavy atom. The van der Waals surface area contributed by atoms with Gasteiger partial charge in [0.25, 0.3) is 5.91 Å². The number of nitrogens with one attached hydrogen (secondary N) is 1. The molecule has 0 heterocycles. The van der Waals surface area contributed by atoms with Crippen LogP contribution in [0.1, 0.15) is 65.0 Å². The third-order valence-corrected chi connectivity index (χ3v) is 4.63. The highest BCUT2D eigenvalue weighted by Crippen LogP contribution is 2.37. The molecule has 0 radical (unpaired) electrons. The number of carboxylic acid groups (broad SMARTS) is 1. The Hall–Kier alpha value is -1.84. The number of carbonyl (C=O) groups is 2. The fourth-order valence-corrected chi connectivity index (χ4v) is 3.20. The fourth-order valence-electron chi connectivity index (χ4n) is 3.20. The summed E-state index contributed by atoms with van der Waals surface area (Å²) in [4.78, 5) is 24.1. The number of carbonyl (C=O) groups excluding carboxylic acids is 1. The maximum Gasteiger partial charge on any atom is 0.336 e. The van der Waals surface area contributed by atoms with E-state index in [2.05, 4.69) is 19.2 Å². The van der Waals surface area contributed by atoms with E-state index in [9.17, 15) is 14.7 Å². The molecule has 1 amide bonds. The van der Waals surface area contributed by atoms with Gasteiger partial charge >= 0.3 is 5.97 Å². The van der Waals surface area contributed by atoms with E-state index >= 15 is 0 Å². The van der Waals surface area contributed by atoms with Crippen LogP contribution in [-0.4, -0.2) is 23.0 Å². The van der Waals surface area contributed by atoms with E-state index in [1.165, 1.54) is 0 Å². The van der Waals surface area contributed by atoms with Gasteiger partial charge in [-0.25, -0.2) is 4.79 Å². The van der Waals surface area contributed by atoms with Crippen LogP contribution in [0.4, 0.5) is 0 Å². The molecule has 21 heavy (non-hydrogen) atoms. The molecule has 1 unspecified atom stereocenters. The van der Waals surface area contributed by atoms with Crippen molar-refractivity contribution in [1.82, 2.24) is 5.32 Å². The monoisotopic (exact) mass is 289 g/mol. The lowest BCUT2D eigenvalue weighted by atomic mass is 9.87. The average molecular weight is 289 g/mol. The van der Waals surface area contributed by atoms with Crippen molar-refractivity contribution in [2.24, 2.45) is 5.41 Å². The molecule has 114 valence electrons. The van der Waals surface area contributed by atoms with Gasteiger partial charge in [0.2, 0.25) is 0 Å². The molecular formula is C17H23NO3. The maximum atomic E-state index is 12.6. The third-order valence-electron chi connectivity index (χ3n) is 4.63. The summed E-state index contributed by atoms with van der Waals surface area (Å²) in [5, 5.41) is 12.4. The number of hydrogen-bond donors (Lipinski definition) is 2. The van der Waals surface area contributed by atoms with Crippen molar-refractivity contribution in [3.63, 3.8) is 0 Å². The Kier molecular flexibility index (Phi) is 4.08. The van der Waals surface area contributed by atoms with Crippen molar-refractivity contribution in [3.05, 3.63) is 34.4 Å². The molecule has 0 aliphatic heterocycles. The minimum atomic E-state index is -1.05. The zero-order chi connectivity index (χ0) is 15.8. The predicted octanol–water partition coefficient (Wildman–Crippen LogP) is 3.31. The molecule has 2 rings (SSSR count). The number of carboxylic acids is 1. The molecule has 0 saturated heterocycles. The Labute approximate surface area is 125 Å². The number of amides is 1. The van der Waals surface area contributed by atoms with E-state index in [1.807, 2.05) is 0 Å². The highest BCUT2D eigenvalue weighted by atomic mass is 16.4. The molecule has 1 saturated carbocycles. The maximum absolute atomic E-state index is 12.6. The van der Waals surface area contributed by atoms with E-state index in [0.717, 1.165) is 19.3 Å². The molecule has 1 aliphatic rings. The van der Waals surface area contributed by atoms with Gasteiger partial charge in [0.05, 0.1) is 11.1 Å². The highest BCUT2D eigenvalue weighted by molar-refractivity contribution is 6.06. The van der Waals surface area contributed by atoms with Crippen LogP contribution in [0.3, 0.4) is 0 Å². The van der Waals surface area contributed by atoms with Gasteiger partial charge in [0.15, 0.2) is 0 Å². The van der Waals surface area contributed by atoms with Crippen molar-refractivity contribution in [2.45, 2.75) is 53.0 Å². The van der Waals surface area contributed by atoms with Crippen molar-refractivity contribution in [3.8, 4) is 0 Å². The first-order chi connectivity index (χ1) is 9.74. The van der Waals surface area contributed by atoms with Crippen molar-refractivity contribution in [2.75, 3.05) is 0 Å². The van der Waals surface area contributed by atoms with E-state index in [4.69, 9.17) is 0 Å². The normalized spacial score (nSPS) is 20.3. The molecule has 1 atom stereocenters. The van der Waals surface area contributed by atoms with E-state index < -0.39 is 5.97 Å². The lowest BCUT2D eigenvalue weighted by molar-refractivity contribution is 0.0688. The summed E-state index contributed by atoms with van der Waals surface area (Å²) < 4.78 is 0. The van der Waals surface area contributed by atoms with E-state index in [1.54, 1.807) is 26.0 Å². The van der Waals surface area contributed by atoms with Crippen LogP contribution in [0.5, 0.6) is 0 Å². The summed E-state index contributed by atoms with van der Waals surface area (Å²) in [6.07, 6.45) is 3.12. The largest absolute Gasteiger partial charge is 0.478 e. The number of hydrogen-bond acceptors (Lipinski definition) is 2. The number of aryl methyl sites for hydroxylation is 2. The molecule has 1 fully saturated rings. The topological polar surface area (TPSA) is 66.4 Å². The molecule has 2 N–H and O–H groups in total. The summed E-state index contributed by atoms with van der Waals surface area (Å²) in [5.74, 6) is -1.32. The molecule has 0 aromatic heterocycles. The van der Waals surface area contributed by atoms with Gasteiger partial charge < -0.3 is 10.4 Å². The standard InChI is InChI=1S/C17H23NO3/c1-10-7-8-11(2)14(16(20)21)13(10)15(19)18-12-6-5-9-17(12,3)4/h7-8,12H,5-6,9H2,1-4H3,(H,18,19)(H,20,21). The van der Waals surface area contributed by atoms with Crippen LogP contribution in [0.2, 0.25) is 0 Å². The van der Waals surface area contributed by atoms with E-state index in [0.29, 0.717) is 16.7 Å². The first-order valence-corrected chi connectivity index (χ1v) is 7.38. The van der Waals surface area contributed by atoms with Gasteiger partial charge in [0, 0.05) is 6.04 Å². The molecule has 4 nitrogen and oxygen atoms in total. The molecule has 1 aromatic rings. The third kappa shape index (κ3) is 2.94. The molecule has 0 spiro atoms. The lowest BCUT2D eigenvalue weighted by Gasteiger charge is -2.28. The minimum absolute atomic E-state index is 0.0662. The molecule has 4 heteroatoms. The average Bonchev–Trinajstić information content (AvgIpc) is 2.70. The second-order valence-electron chi connectivity index (χ2n) is 6.66. The smallest absolute Gasteiger partial charge is 0.336 e. The lowest BCUT2D eigenvalue weighted by Crippen LogP contribution is -2.42. The van der Waals surface area contributed by atoms with Crippen molar-refractivity contribution in [1.29, 1.82) is 0 Å². The van der Waals surface area contributed by atoms with Gasteiger partial charge in [0.1, 0.15) is 0 Å². The SMILES string of the molecule is Cc1ccc(C)c(C(=O)NC2CCCC2(C)C)c1C(=O)O. The van der Waals surface area contributed by atoms with Crippen LogP contribution in [0.25, 0.3) is 0 Å². The van der Waals surface area contributed by atoms with Crippen LogP contribution < -0.4 is 5.32 Å². The molecular weight excluding hydrogens is 266 g/mol. The van der Waals surface area contributed by atoms with Crippen LogP contribution >= 0.6 is 0 Å². The molecule has 0 bridgehead atoms. The molecule has 1 aliphatic carbocycles. The van der Waals surface area contributed by atoms with Gasteiger partial charge in [-0.3, -0.25) is 4.79 Å². The zero-order valence-corrected chi connectivity index (χ0v) is 13.1. The molecule has 1 aromatic carbocycles. The van der Waals surface area contributed by atoms with Gasteiger partial charge in [-0.2, -0.15) is 0 Å². The van der Waals surface area contributed by atoms with Gasteiger partial charge in [-0.15, -0.1) is 0 Å².